The first kappa shape index (κ1) is 16.6. The van der Waals surface area contributed by atoms with Crippen molar-refractivity contribution in [3.63, 3.8) is 0 Å². The number of hydrogen-bond donors (Lipinski definition) is 0. The number of nitrogens with zero attached hydrogens (tertiary/aromatic N) is 3. The van der Waals surface area contributed by atoms with E-state index in [0.29, 0.717) is 6.54 Å². The maximum atomic E-state index is 8.33. The SMILES string of the molecule is COc1ccc([I+]c2cccc(CN=[N+]=[N-])c2)cc1.[Cl-]. The van der Waals surface area contributed by atoms with Crippen LogP contribution in [-0.4, -0.2) is 7.11 Å². The van der Waals surface area contributed by atoms with E-state index in [-0.39, 0.29) is 33.6 Å². The summed E-state index contributed by atoms with van der Waals surface area (Å²) in [5.74, 6) is 0.880. The van der Waals surface area contributed by atoms with Crippen LogP contribution in [0.2, 0.25) is 0 Å². The van der Waals surface area contributed by atoms with Crippen molar-refractivity contribution in [2.75, 3.05) is 7.11 Å². The van der Waals surface area contributed by atoms with E-state index in [0.717, 1.165) is 11.3 Å². The Bertz CT molecular complexity index is 598. The van der Waals surface area contributed by atoms with Crippen molar-refractivity contribution in [2.45, 2.75) is 6.54 Å². The van der Waals surface area contributed by atoms with Crippen molar-refractivity contribution < 1.29 is 38.3 Å². The van der Waals surface area contributed by atoms with Crippen LogP contribution in [0.5, 0.6) is 5.75 Å². The summed E-state index contributed by atoms with van der Waals surface area (Å²) in [6.45, 7) is 0.413. The molecule has 0 amide bonds. The minimum absolute atomic E-state index is 0. The van der Waals surface area contributed by atoms with Crippen molar-refractivity contribution in [1.82, 2.24) is 0 Å². The molecule has 6 heteroatoms. The van der Waals surface area contributed by atoms with Gasteiger partial charge in [0, 0.05) is 4.91 Å². The van der Waals surface area contributed by atoms with Crippen molar-refractivity contribution in [3.8, 4) is 5.75 Å². The first-order chi connectivity index (χ1) is 9.31. The fourth-order valence-corrected chi connectivity index (χ4v) is 3.95. The van der Waals surface area contributed by atoms with Crippen LogP contribution in [-0.2, 0) is 6.54 Å². The summed E-state index contributed by atoms with van der Waals surface area (Å²) in [4.78, 5) is 2.78. The average Bonchev–Trinajstić information content (AvgIpc) is 2.46. The molecule has 0 aliphatic heterocycles. The molecule has 0 aliphatic carbocycles. The Hall–Kier alpha value is -1.43. The molecule has 2 aromatic rings. The van der Waals surface area contributed by atoms with E-state index in [4.69, 9.17) is 10.3 Å². The largest absolute Gasteiger partial charge is 1.00 e. The van der Waals surface area contributed by atoms with Gasteiger partial charge in [0.2, 0.25) is 0 Å². The van der Waals surface area contributed by atoms with Gasteiger partial charge in [0.25, 0.3) is 0 Å². The predicted molar refractivity (Wildman–Crippen MR) is 69.7 cm³/mol. The van der Waals surface area contributed by atoms with Gasteiger partial charge in [-0.05, 0) is 47.5 Å². The topological polar surface area (TPSA) is 58.0 Å². The summed E-state index contributed by atoms with van der Waals surface area (Å²) in [7, 11) is 1.67. The molecule has 0 saturated heterocycles. The third-order valence-corrected chi connectivity index (χ3v) is 5.11. The maximum Gasteiger partial charge on any atom is 0.357 e. The lowest BCUT2D eigenvalue weighted by Crippen LogP contribution is -3.61. The number of rotatable bonds is 5. The number of azide groups is 1. The van der Waals surface area contributed by atoms with Gasteiger partial charge in [-0.15, -0.1) is 0 Å². The number of ether oxygens (including phenoxy) is 1. The zero-order valence-electron chi connectivity index (χ0n) is 10.8. The monoisotopic (exact) mass is 401 g/mol. The van der Waals surface area contributed by atoms with Gasteiger partial charge in [0.15, 0.2) is 7.14 Å². The molecule has 0 heterocycles. The number of hydrogen-bond acceptors (Lipinski definition) is 2. The van der Waals surface area contributed by atoms with Crippen LogP contribution in [0.15, 0.2) is 53.6 Å². The normalized spacial score (nSPS) is 9.25. The number of benzene rings is 2. The Morgan fingerprint density at radius 2 is 1.90 bits per heavy atom. The lowest BCUT2D eigenvalue weighted by molar-refractivity contribution is -0.597. The third kappa shape index (κ3) is 4.92. The Morgan fingerprint density at radius 3 is 2.55 bits per heavy atom. The van der Waals surface area contributed by atoms with E-state index in [1.807, 2.05) is 24.3 Å². The lowest BCUT2D eigenvalue weighted by atomic mass is 10.2. The van der Waals surface area contributed by atoms with Crippen LogP contribution in [0.1, 0.15) is 5.56 Å². The molecule has 0 aromatic heterocycles. The molecular weight excluding hydrogens is 389 g/mol. The fraction of sp³-hybridized carbons (Fsp3) is 0.143. The first-order valence-corrected chi connectivity index (χ1v) is 7.86. The van der Waals surface area contributed by atoms with E-state index in [1.165, 1.54) is 7.14 Å². The highest BCUT2D eigenvalue weighted by Crippen LogP contribution is 2.06. The number of methoxy groups -OCH3 is 1. The van der Waals surface area contributed by atoms with E-state index in [2.05, 4.69) is 34.3 Å². The van der Waals surface area contributed by atoms with Gasteiger partial charge in [0.1, 0.15) is 5.75 Å². The minimum Gasteiger partial charge on any atom is -1.00 e. The Labute approximate surface area is 134 Å². The van der Waals surface area contributed by atoms with Crippen molar-refractivity contribution >= 4 is 0 Å². The second-order valence-corrected chi connectivity index (χ2v) is 6.80. The van der Waals surface area contributed by atoms with Crippen LogP contribution >= 0.6 is 0 Å². The van der Waals surface area contributed by atoms with Gasteiger partial charge in [-0.2, -0.15) is 0 Å². The maximum absolute atomic E-state index is 8.33. The molecule has 0 aliphatic rings. The van der Waals surface area contributed by atoms with Gasteiger partial charge in [-0.3, -0.25) is 0 Å². The van der Waals surface area contributed by atoms with E-state index < -0.39 is 0 Å². The van der Waals surface area contributed by atoms with E-state index in [1.54, 1.807) is 7.11 Å². The molecule has 2 aromatic carbocycles. The van der Waals surface area contributed by atoms with Gasteiger partial charge < -0.3 is 17.1 Å². The summed E-state index contributed by atoms with van der Waals surface area (Å²) < 4.78 is 7.80. The quantitative estimate of drug-likeness (QED) is 0.239. The minimum atomic E-state index is -0.212. The van der Waals surface area contributed by atoms with Crippen LogP contribution in [0.3, 0.4) is 0 Å². The molecule has 104 valence electrons. The van der Waals surface area contributed by atoms with Crippen LogP contribution in [0.4, 0.5) is 0 Å². The highest BCUT2D eigenvalue weighted by molar-refractivity contribution is 5.20. The van der Waals surface area contributed by atoms with Gasteiger partial charge in [-0.25, -0.2) is 0 Å². The Balaban J connectivity index is 0.00000200. The van der Waals surface area contributed by atoms with Gasteiger partial charge in [0.05, 0.1) is 13.7 Å². The average molecular weight is 402 g/mol. The van der Waals surface area contributed by atoms with E-state index in [9.17, 15) is 0 Å². The Morgan fingerprint density at radius 1 is 1.15 bits per heavy atom. The van der Waals surface area contributed by atoms with Crippen LogP contribution < -0.4 is 38.3 Å². The molecule has 20 heavy (non-hydrogen) atoms. The van der Waals surface area contributed by atoms with Crippen LogP contribution in [0.25, 0.3) is 10.4 Å². The summed E-state index contributed by atoms with van der Waals surface area (Å²) >= 11 is -0.212. The molecule has 0 unspecified atom stereocenters. The number of halogens is 2. The summed E-state index contributed by atoms with van der Waals surface area (Å²) in [6.07, 6.45) is 0. The van der Waals surface area contributed by atoms with Crippen LogP contribution in [0, 0.1) is 7.14 Å². The highest BCUT2D eigenvalue weighted by atomic mass is 127. The van der Waals surface area contributed by atoms with Crippen molar-refractivity contribution in [3.05, 3.63) is 71.7 Å². The molecule has 2 rings (SSSR count). The standard InChI is InChI=1S/C14H13IN3O.ClH/c1-19-14-7-5-12(6-8-14)15-13-4-2-3-11(9-13)10-17-18-16;/h2-9H,10H2,1H3;1H/q+1;/p-1. The van der Waals surface area contributed by atoms with Crippen molar-refractivity contribution in [1.29, 1.82) is 0 Å². The molecule has 0 fully saturated rings. The molecule has 0 atom stereocenters. The van der Waals surface area contributed by atoms with E-state index >= 15 is 0 Å². The van der Waals surface area contributed by atoms with Gasteiger partial charge >= 0.3 is 21.2 Å². The van der Waals surface area contributed by atoms with Crippen molar-refractivity contribution in [2.24, 2.45) is 5.11 Å². The molecular formula is C14H13ClIN3O. The molecule has 0 radical (unpaired) electrons. The Kier molecular flexibility index (Phi) is 7.22. The molecule has 0 spiro atoms. The lowest BCUT2D eigenvalue weighted by Gasteiger charge is -1.96. The summed E-state index contributed by atoms with van der Waals surface area (Å²) in [5.41, 5.74) is 9.39. The third-order valence-electron chi connectivity index (χ3n) is 2.47. The zero-order chi connectivity index (χ0) is 13.5. The summed E-state index contributed by atoms with van der Waals surface area (Å²) in [5, 5.41) is 3.59. The molecule has 0 bridgehead atoms. The first-order valence-electron chi connectivity index (χ1n) is 5.70. The second-order valence-electron chi connectivity index (χ2n) is 3.77. The van der Waals surface area contributed by atoms with Gasteiger partial charge in [-0.1, -0.05) is 17.2 Å². The summed E-state index contributed by atoms with van der Waals surface area (Å²) in [6, 6.07) is 16.4. The molecule has 4 nitrogen and oxygen atoms in total. The fourth-order valence-electron chi connectivity index (χ4n) is 1.57. The molecule has 0 saturated carbocycles. The second kappa shape index (κ2) is 8.68. The smallest absolute Gasteiger partial charge is 0.357 e. The highest BCUT2D eigenvalue weighted by Gasteiger charge is 2.15. The zero-order valence-corrected chi connectivity index (χ0v) is 13.7. The predicted octanol–water partition coefficient (Wildman–Crippen LogP) is -2.36. The molecule has 0 N–H and O–H groups in total.